The maximum absolute atomic E-state index is 12.9. The third-order valence-electron chi connectivity index (χ3n) is 4.12. The molecule has 0 bridgehead atoms. The van der Waals surface area contributed by atoms with Crippen molar-refractivity contribution in [2.75, 3.05) is 25.2 Å². The molecule has 1 aliphatic heterocycles. The first kappa shape index (κ1) is 16.5. The molecule has 0 saturated heterocycles. The number of nitrogens with zero attached hydrogens (tertiary/aromatic N) is 1. The summed E-state index contributed by atoms with van der Waals surface area (Å²) in [7, 11) is 1.57. The molecule has 0 aromatic heterocycles. The average molecular weight is 304 g/mol. The fourth-order valence-electron chi connectivity index (χ4n) is 2.76. The molecule has 120 valence electrons. The Morgan fingerprint density at radius 1 is 1.36 bits per heavy atom. The molecular formula is C17H24N2O3. The second kappa shape index (κ2) is 6.48. The number of hydrogen-bond acceptors (Lipinski definition) is 3. The summed E-state index contributed by atoms with van der Waals surface area (Å²) in [5, 5.41) is 2.76. The van der Waals surface area contributed by atoms with Gasteiger partial charge < -0.3 is 15.0 Å². The lowest BCUT2D eigenvalue weighted by molar-refractivity contribution is -0.140. The van der Waals surface area contributed by atoms with E-state index in [1.165, 1.54) is 0 Å². The Balaban J connectivity index is 2.18. The van der Waals surface area contributed by atoms with Crippen molar-refractivity contribution in [2.45, 2.75) is 33.2 Å². The van der Waals surface area contributed by atoms with Crippen LogP contribution in [0.3, 0.4) is 0 Å². The third kappa shape index (κ3) is 2.99. The monoisotopic (exact) mass is 304 g/mol. The first-order valence-corrected chi connectivity index (χ1v) is 7.58. The maximum Gasteiger partial charge on any atom is 0.242 e. The lowest BCUT2D eigenvalue weighted by Crippen LogP contribution is -2.51. The van der Waals surface area contributed by atoms with Crippen LogP contribution in [0.4, 0.5) is 5.69 Å². The number of amides is 2. The molecule has 0 aliphatic carbocycles. The van der Waals surface area contributed by atoms with Gasteiger partial charge >= 0.3 is 0 Å². The second-order valence-electron chi connectivity index (χ2n) is 6.23. The molecule has 1 aromatic carbocycles. The van der Waals surface area contributed by atoms with Gasteiger partial charge in [0.1, 0.15) is 5.41 Å². The highest BCUT2D eigenvalue weighted by Crippen LogP contribution is 2.35. The van der Waals surface area contributed by atoms with E-state index in [1.807, 2.05) is 31.2 Å². The molecule has 2 rings (SSSR count). The predicted molar refractivity (Wildman–Crippen MR) is 85.8 cm³/mol. The van der Waals surface area contributed by atoms with Gasteiger partial charge in [0.15, 0.2) is 0 Å². The van der Waals surface area contributed by atoms with Crippen molar-refractivity contribution < 1.29 is 14.3 Å². The molecule has 1 aliphatic rings. The van der Waals surface area contributed by atoms with Crippen LogP contribution in [-0.4, -0.2) is 38.1 Å². The van der Waals surface area contributed by atoms with Gasteiger partial charge in [0, 0.05) is 25.4 Å². The average Bonchev–Trinajstić information content (AvgIpc) is 2.82. The highest BCUT2D eigenvalue weighted by atomic mass is 16.5. The normalized spacial score (nSPS) is 17.3. The maximum atomic E-state index is 12.9. The second-order valence-corrected chi connectivity index (χ2v) is 6.23. The summed E-state index contributed by atoms with van der Waals surface area (Å²) in [5.74, 6) is -0.439. The van der Waals surface area contributed by atoms with Crippen LogP contribution in [-0.2, 0) is 20.7 Å². The Morgan fingerprint density at radius 3 is 2.73 bits per heavy atom. The van der Waals surface area contributed by atoms with Crippen molar-refractivity contribution in [1.29, 1.82) is 0 Å². The van der Waals surface area contributed by atoms with Crippen LogP contribution in [0.25, 0.3) is 0 Å². The number of rotatable bonds is 5. The number of hydrogen-bond donors (Lipinski definition) is 1. The van der Waals surface area contributed by atoms with Gasteiger partial charge in [-0.05, 0) is 38.8 Å². The minimum absolute atomic E-state index is 0.0657. The van der Waals surface area contributed by atoms with Crippen molar-refractivity contribution in [3.63, 3.8) is 0 Å². The van der Waals surface area contributed by atoms with Crippen LogP contribution in [0, 0.1) is 5.41 Å². The van der Waals surface area contributed by atoms with Crippen molar-refractivity contribution in [1.82, 2.24) is 5.32 Å². The van der Waals surface area contributed by atoms with Crippen LogP contribution in [0.15, 0.2) is 24.3 Å². The third-order valence-corrected chi connectivity index (χ3v) is 4.12. The molecule has 0 saturated carbocycles. The number of para-hydroxylation sites is 1. The summed E-state index contributed by atoms with van der Waals surface area (Å²) in [4.78, 5) is 27.0. The Hall–Kier alpha value is -1.88. The fraction of sp³-hybridized carbons (Fsp3) is 0.529. The molecule has 1 aromatic rings. The van der Waals surface area contributed by atoms with Gasteiger partial charge in [0.25, 0.3) is 0 Å². The van der Waals surface area contributed by atoms with Gasteiger partial charge in [-0.15, -0.1) is 0 Å². The highest BCUT2D eigenvalue weighted by Gasteiger charge is 2.43. The number of anilines is 1. The van der Waals surface area contributed by atoms with E-state index >= 15 is 0 Å². The van der Waals surface area contributed by atoms with E-state index in [2.05, 4.69) is 5.32 Å². The molecule has 5 nitrogen and oxygen atoms in total. The van der Waals surface area contributed by atoms with E-state index in [0.717, 1.165) is 17.7 Å². The first-order valence-electron chi connectivity index (χ1n) is 7.58. The first-order chi connectivity index (χ1) is 10.4. The van der Waals surface area contributed by atoms with Gasteiger partial charge in [0.05, 0.1) is 6.61 Å². The van der Waals surface area contributed by atoms with E-state index in [9.17, 15) is 9.59 Å². The summed E-state index contributed by atoms with van der Waals surface area (Å²) in [6.45, 7) is 6.18. The lowest BCUT2D eigenvalue weighted by Gasteiger charge is -2.31. The number of ether oxygens (including phenoxy) is 1. The highest BCUT2D eigenvalue weighted by molar-refractivity contribution is 6.12. The van der Waals surface area contributed by atoms with Crippen molar-refractivity contribution >= 4 is 17.5 Å². The zero-order chi connectivity index (χ0) is 16.3. The molecule has 1 atom stereocenters. The molecular weight excluding hydrogens is 280 g/mol. The summed E-state index contributed by atoms with van der Waals surface area (Å²) < 4.78 is 4.92. The molecule has 1 N–H and O–H groups in total. The molecule has 2 amide bonds. The number of carbonyl (C=O) groups is 2. The number of methoxy groups -OCH3 is 1. The van der Waals surface area contributed by atoms with Crippen LogP contribution >= 0.6 is 0 Å². The van der Waals surface area contributed by atoms with Crippen LogP contribution in [0.1, 0.15) is 26.3 Å². The molecule has 1 unspecified atom stereocenters. The number of fused-ring (bicyclic) bond motifs is 1. The van der Waals surface area contributed by atoms with Gasteiger partial charge in [-0.2, -0.15) is 0 Å². The van der Waals surface area contributed by atoms with E-state index < -0.39 is 5.41 Å². The van der Waals surface area contributed by atoms with Crippen molar-refractivity contribution in [3.8, 4) is 0 Å². The standard InChI is InChI=1S/C17H24N2O3/c1-12-11-13-7-5-6-8-14(13)19(12)16(21)17(2,3)15(20)18-9-10-22-4/h5-8,12H,9-11H2,1-4H3,(H,18,20). The van der Waals surface area contributed by atoms with Gasteiger partial charge in [-0.25, -0.2) is 0 Å². The van der Waals surface area contributed by atoms with Gasteiger partial charge in [-0.1, -0.05) is 18.2 Å². The van der Waals surface area contributed by atoms with E-state index in [0.29, 0.717) is 13.2 Å². The van der Waals surface area contributed by atoms with Crippen LogP contribution < -0.4 is 10.2 Å². The Kier molecular flexibility index (Phi) is 4.86. The zero-order valence-electron chi connectivity index (χ0n) is 13.7. The number of carbonyl (C=O) groups excluding carboxylic acids is 2. The minimum atomic E-state index is -1.11. The summed E-state index contributed by atoms with van der Waals surface area (Å²) >= 11 is 0. The number of benzene rings is 1. The topological polar surface area (TPSA) is 58.6 Å². The molecule has 0 fully saturated rings. The smallest absolute Gasteiger partial charge is 0.242 e. The van der Waals surface area contributed by atoms with E-state index in [-0.39, 0.29) is 17.9 Å². The van der Waals surface area contributed by atoms with E-state index in [4.69, 9.17) is 4.74 Å². The number of nitrogens with one attached hydrogen (secondary N) is 1. The molecule has 0 radical (unpaired) electrons. The Labute approximate surface area is 131 Å². The van der Waals surface area contributed by atoms with Gasteiger partial charge in [0.2, 0.25) is 11.8 Å². The summed E-state index contributed by atoms with van der Waals surface area (Å²) in [6.07, 6.45) is 0.823. The summed E-state index contributed by atoms with van der Waals surface area (Å²) in [6, 6.07) is 7.93. The molecule has 0 spiro atoms. The summed E-state index contributed by atoms with van der Waals surface area (Å²) in [5.41, 5.74) is 0.955. The Bertz CT molecular complexity index is 569. The van der Waals surface area contributed by atoms with Crippen LogP contribution in [0.5, 0.6) is 0 Å². The minimum Gasteiger partial charge on any atom is -0.383 e. The molecule has 22 heavy (non-hydrogen) atoms. The SMILES string of the molecule is COCCNC(=O)C(C)(C)C(=O)N1c2ccccc2CC1C. The van der Waals surface area contributed by atoms with Crippen LogP contribution in [0.2, 0.25) is 0 Å². The zero-order valence-corrected chi connectivity index (χ0v) is 13.7. The molecule has 5 heteroatoms. The van der Waals surface area contributed by atoms with Crippen molar-refractivity contribution in [2.24, 2.45) is 5.41 Å². The Morgan fingerprint density at radius 2 is 2.05 bits per heavy atom. The largest absolute Gasteiger partial charge is 0.383 e. The lowest BCUT2D eigenvalue weighted by atomic mass is 9.89. The van der Waals surface area contributed by atoms with Crippen molar-refractivity contribution in [3.05, 3.63) is 29.8 Å². The fourth-order valence-corrected chi connectivity index (χ4v) is 2.76. The predicted octanol–water partition coefficient (Wildman–Crippen LogP) is 1.75. The van der Waals surface area contributed by atoms with Gasteiger partial charge in [-0.3, -0.25) is 9.59 Å². The van der Waals surface area contributed by atoms with E-state index in [1.54, 1.807) is 25.9 Å². The molecule has 1 heterocycles. The quantitative estimate of drug-likeness (QED) is 0.666.